The Balaban J connectivity index is 2.11. The number of rotatable bonds is 5. The molecule has 92 valence electrons. The first-order chi connectivity index (χ1) is 8.20. The molecule has 17 heavy (non-hydrogen) atoms. The molecule has 4 nitrogen and oxygen atoms in total. The van der Waals surface area contributed by atoms with Crippen molar-refractivity contribution in [3.63, 3.8) is 0 Å². The number of thiazole rings is 1. The molecule has 2 heterocycles. The summed E-state index contributed by atoms with van der Waals surface area (Å²) in [5, 5.41) is 3.02. The Kier molecular flexibility index (Phi) is 3.81. The Morgan fingerprint density at radius 3 is 2.94 bits per heavy atom. The van der Waals surface area contributed by atoms with Gasteiger partial charge in [-0.05, 0) is 26.0 Å². The van der Waals surface area contributed by atoms with Crippen molar-refractivity contribution < 1.29 is 4.42 Å². The third-order valence-corrected chi connectivity index (χ3v) is 3.48. The van der Waals surface area contributed by atoms with Gasteiger partial charge in [0.2, 0.25) is 0 Å². The second-order valence-corrected chi connectivity index (χ2v) is 4.77. The summed E-state index contributed by atoms with van der Waals surface area (Å²) in [6.07, 6.45) is 1.69. The van der Waals surface area contributed by atoms with Crippen molar-refractivity contribution >= 4 is 16.5 Å². The zero-order chi connectivity index (χ0) is 12.3. The molecule has 2 aromatic heterocycles. The number of nitrogens with zero attached hydrogens (tertiary/aromatic N) is 2. The van der Waals surface area contributed by atoms with E-state index in [0.29, 0.717) is 0 Å². The molecule has 5 heteroatoms. The van der Waals surface area contributed by atoms with E-state index in [2.05, 4.69) is 16.8 Å². The molecule has 0 aromatic carbocycles. The second-order valence-electron chi connectivity index (χ2n) is 3.94. The maximum atomic E-state index is 5.81. The van der Waals surface area contributed by atoms with E-state index in [9.17, 15) is 0 Å². The zero-order valence-electron chi connectivity index (χ0n) is 10.1. The van der Waals surface area contributed by atoms with Gasteiger partial charge in [0.15, 0.2) is 5.13 Å². The van der Waals surface area contributed by atoms with E-state index in [1.165, 1.54) is 0 Å². The lowest BCUT2D eigenvalue weighted by molar-refractivity contribution is 0.503. The molecule has 0 bridgehead atoms. The minimum absolute atomic E-state index is 0.0117. The van der Waals surface area contributed by atoms with E-state index in [1.807, 2.05) is 24.4 Å². The van der Waals surface area contributed by atoms with Crippen molar-refractivity contribution in [2.45, 2.75) is 26.4 Å². The van der Waals surface area contributed by atoms with Gasteiger partial charge in [-0.15, -0.1) is 11.3 Å². The van der Waals surface area contributed by atoms with Gasteiger partial charge in [-0.3, -0.25) is 0 Å². The van der Waals surface area contributed by atoms with Crippen LogP contribution in [-0.2, 0) is 6.54 Å². The minimum Gasteiger partial charge on any atom is -0.467 e. The second kappa shape index (κ2) is 5.33. The average molecular weight is 251 g/mol. The van der Waals surface area contributed by atoms with Crippen LogP contribution >= 0.6 is 11.3 Å². The van der Waals surface area contributed by atoms with Crippen LogP contribution in [-0.4, -0.2) is 11.5 Å². The molecule has 1 unspecified atom stereocenters. The third-order valence-electron chi connectivity index (χ3n) is 2.56. The lowest BCUT2D eigenvalue weighted by Gasteiger charge is -2.18. The van der Waals surface area contributed by atoms with Crippen LogP contribution in [0.5, 0.6) is 0 Å². The fraction of sp³-hybridized carbons (Fsp3) is 0.417. The number of hydrogen-bond donors (Lipinski definition) is 1. The molecule has 2 N–H and O–H groups in total. The van der Waals surface area contributed by atoms with Crippen LogP contribution in [0.3, 0.4) is 0 Å². The molecule has 0 saturated carbocycles. The highest BCUT2D eigenvalue weighted by Crippen LogP contribution is 2.24. The molecule has 0 aliphatic heterocycles. The SMILES string of the molecule is CCN(Cc1ccco1)c1nc(C(C)N)cs1. The van der Waals surface area contributed by atoms with Crippen molar-refractivity contribution in [3.05, 3.63) is 35.2 Å². The van der Waals surface area contributed by atoms with Gasteiger partial charge in [0.05, 0.1) is 18.5 Å². The molecule has 0 saturated heterocycles. The molecule has 1 atom stereocenters. The van der Waals surface area contributed by atoms with Gasteiger partial charge in [-0.25, -0.2) is 4.98 Å². The predicted molar refractivity (Wildman–Crippen MR) is 70.1 cm³/mol. The van der Waals surface area contributed by atoms with Crippen molar-refractivity contribution in [1.82, 2.24) is 4.98 Å². The number of anilines is 1. The fourth-order valence-electron chi connectivity index (χ4n) is 1.54. The first kappa shape index (κ1) is 12.1. The molecular weight excluding hydrogens is 234 g/mol. The molecule has 0 fully saturated rings. The minimum atomic E-state index is -0.0117. The first-order valence-corrected chi connectivity index (χ1v) is 6.57. The van der Waals surface area contributed by atoms with Gasteiger partial charge in [0.25, 0.3) is 0 Å². The monoisotopic (exact) mass is 251 g/mol. The van der Waals surface area contributed by atoms with E-state index < -0.39 is 0 Å². The van der Waals surface area contributed by atoms with Gasteiger partial charge >= 0.3 is 0 Å². The quantitative estimate of drug-likeness (QED) is 0.887. The molecular formula is C12H17N3OS. The standard InChI is InChI=1S/C12H17N3OS/c1-3-15(7-10-5-4-6-16-10)12-14-11(8-17-12)9(2)13/h4-6,8-9H,3,7,13H2,1-2H3. The van der Waals surface area contributed by atoms with Gasteiger partial charge < -0.3 is 15.1 Å². The maximum Gasteiger partial charge on any atom is 0.185 e. The van der Waals surface area contributed by atoms with Gasteiger partial charge in [-0.1, -0.05) is 0 Å². The predicted octanol–water partition coefficient (Wildman–Crippen LogP) is 2.78. The van der Waals surface area contributed by atoms with Crippen LogP contribution in [0.25, 0.3) is 0 Å². The van der Waals surface area contributed by atoms with Crippen molar-refractivity contribution in [2.24, 2.45) is 5.73 Å². The number of hydrogen-bond acceptors (Lipinski definition) is 5. The molecule has 0 radical (unpaired) electrons. The lowest BCUT2D eigenvalue weighted by atomic mass is 10.3. The van der Waals surface area contributed by atoms with Crippen LogP contribution in [0.2, 0.25) is 0 Å². The number of nitrogens with two attached hydrogens (primary N) is 1. The van der Waals surface area contributed by atoms with E-state index in [4.69, 9.17) is 10.2 Å². The Morgan fingerprint density at radius 1 is 1.59 bits per heavy atom. The highest BCUT2D eigenvalue weighted by molar-refractivity contribution is 7.13. The van der Waals surface area contributed by atoms with Crippen LogP contribution < -0.4 is 10.6 Å². The summed E-state index contributed by atoms with van der Waals surface area (Å²) in [5.41, 5.74) is 6.76. The first-order valence-electron chi connectivity index (χ1n) is 5.69. The molecule has 0 aliphatic carbocycles. The van der Waals surface area contributed by atoms with Crippen LogP contribution in [0.1, 0.15) is 31.3 Å². The number of furan rings is 1. The Bertz CT molecular complexity index is 450. The van der Waals surface area contributed by atoms with Gasteiger partial charge in [0.1, 0.15) is 5.76 Å². The Morgan fingerprint density at radius 2 is 2.41 bits per heavy atom. The summed E-state index contributed by atoms with van der Waals surface area (Å²) >= 11 is 1.63. The largest absolute Gasteiger partial charge is 0.467 e. The highest BCUT2D eigenvalue weighted by Gasteiger charge is 2.12. The van der Waals surface area contributed by atoms with Crippen LogP contribution in [0.15, 0.2) is 28.2 Å². The molecule has 2 aromatic rings. The van der Waals surface area contributed by atoms with E-state index in [1.54, 1.807) is 17.6 Å². The van der Waals surface area contributed by atoms with E-state index in [0.717, 1.165) is 29.7 Å². The molecule has 0 spiro atoms. The van der Waals surface area contributed by atoms with E-state index >= 15 is 0 Å². The third kappa shape index (κ3) is 2.87. The topological polar surface area (TPSA) is 55.3 Å². The summed E-state index contributed by atoms with van der Waals surface area (Å²) in [7, 11) is 0. The summed E-state index contributed by atoms with van der Waals surface area (Å²) in [6, 6.07) is 3.86. The fourth-order valence-corrected chi connectivity index (χ4v) is 2.53. The van der Waals surface area contributed by atoms with Gasteiger partial charge in [0, 0.05) is 18.0 Å². The normalized spacial score (nSPS) is 12.6. The molecule has 2 rings (SSSR count). The zero-order valence-corrected chi connectivity index (χ0v) is 10.9. The van der Waals surface area contributed by atoms with Crippen molar-refractivity contribution in [1.29, 1.82) is 0 Å². The summed E-state index contributed by atoms with van der Waals surface area (Å²) in [4.78, 5) is 6.72. The lowest BCUT2D eigenvalue weighted by Crippen LogP contribution is -2.21. The highest BCUT2D eigenvalue weighted by atomic mass is 32.1. The van der Waals surface area contributed by atoms with Gasteiger partial charge in [-0.2, -0.15) is 0 Å². The maximum absolute atomic E-state index is 5.81. The molecule has 0 amide bonds. The average Bonchev–Trinajstić information content (AvgIpc) is 2.96. The Labute approximate surface area is 105 Å². The van der Waals surface area contributed by atoms with Crippen LogP contribution in [0, 0.1) is 0 Å². The number of aromatic nitrogens is 1. The summed E-state index contributed by atoms with van der Waals surface area (Å²) in [6.45, 7) is 5.69. The Hall–Kier alpha value is -1.33. The summed E-state index contributed by atoms with van der Waals surface area (Å²) < 4.78 is 5.35. The molecule has 0 aliphatic rings. The van der Waals surface area contributed by atoms with Crippen molar-refractivity contribution in [2.75, 3.05) is 11.4 Å². The van der Waals surface area contributed by atoms with Crippen LogP contribution in [0.4, 0.5) is 5.13 Å². The smallest absolute Gasteiger partial charge is 0.185 e. The van der Waals surface area contributed by atoms with E-state index in [-0.39, 0.29) is 6.04 Å². The summed E-state index contributed by atoms with van der Waals surface area (Å²) in [5.74, 6) is 0.949. The van der Waals surface area contributed by atoms with Crippen molar-refractivity contribution in [3.8, 4) is 0 Å².